The average Bonchev–Trinajstić information content (AvgIpc) is 2.79. The van der Waals surface area contributed by atoms with Crippen LogP contribution in [0.2, 0.25) is 0 Å². The highest BCUT2D eigenvalue weighted by molar-refractivity contribution is 7.92. The largest absolute Gasteiger partial charge is 0.396 e. The van der Waals surface area contributed by atoms with E-state index in [0.29, 0.717) is 23.1 Å². The second-order valence-corrected chi connectivity index (χ2v) is 10.2. The van der Waals surface area contributed by atoms with E-state index in [2.05, 4.69) is 37.0 Å². The molecule has 9 heteroatoms. The Bertz CT molecular complexity index is 1200. The van der Waals surface area contributed by atoms with Crippen molar-refractivity contribution < 1.29 is 13.5 Å². The van der Waals surface area contributed by atoms with E-state index in [0.717, 1.165) is 50.0 Å². The van der Waals surface area contributed by atoms with Gasteiger partial charge in [0.1, 0.15) is 12.1 Å². The van der Waals surface area contributed by atoms with Crippen molar-refractivity contribution in [1.29, 1.82) is 0 Å². The van der Waals surface area contributed by atoms with Gasteiger partial charge >= 0.3 is 0 Å². The zero-order valence-electron chi connectivity index (χ0n) is 18.6. The van der Waals surface area contributed by atoms with Crippen LogP contribution < -0.4 is 10.0 Å². The fourth-order valence-electron chi connectivity index (χ4n) is 4.14. The maximum absolute atomic E-state index is 11.5. The van der Waals surface area contributed by atoms with Crippen molar-refractivity contribution in [2.45, 2.75) is 19.4 Å². The van der Waals surface area contributed by atoms with E-state index in [-0.39, 0.29) is 6.61 Å². The Labute approximate surface area is 194 Å². The highest BCUT2D eigenvalue weighted by Gasteiger charge is 2.19. The number of anilines is 3. The lowest BCUT2D eigenvalue weighted by Gasteiger charge is -2.31. The number of hydrogen-bond acceptors (Lipinski definition) is 7. The summed E-state index contributed by atoms with van der Waals surface area (Å²) in [6.07, 6.45) is 4.84. The summed E-state index contributed by atoms with van der Waals surface area (Å²) in [4.78, 5) is 11.1. The molecule has 1 atom stereocenters. The van der Waals surface area contributed by atoms with Crippen molar-refractivity contribution in [3.63, 3.8) is 0 Å². The Morgan fingerprint density at radius 3 is 2.73 bits per heavy atom. The number of hydrogen-bond donors (Lipinski definition) is 3. The number of likely N-dealkylation sites (tertiary alicyclic amines) is 1. The molecule has 0 amide bonds. The molecular weight excluding hydrogens is 438 g/mol. The van der Waals surface area contributed by atoms with Crippen LogP contribution in [0.5, 0.6) is 0 Å². The van der Waals surface area contributed by atoms with Crippen LogP contribution in [0.25, 0.3) is 11.3 Å². The summed E-state index contributed by atoms with van der Waals surface area (Å²) < 4.78 is 25.5. The minimum Gasteiger partial charge on any atom is -0.396 e. The molecule has 0 bridgehead atoms. The Morgan fingerprint density at radius 2 is 1.91 bits per heavy atom. The van der Waals surface area contributed by atoms with Gasteiger partial charge in [-0.3, -0.25) is 9.62 Å². The lowest BCUT2D eigenvalue weighted by molar-refractivity contribution is 0.116. The van der Waals surface area contributed by atoms with Crippen LogP contribution >= 0.6 is 0 Å². The summed E-state index contributed by atoms with van der Waals surface area (Å²) in [6.45, 7) is 3.08. The monoisotopic (exact) mass is 467 g/mol. The van der Waals surface area contributed by atoms with E-state index in [9.17, 15) is 13.5 Å². The normalized spacial score (nSPS) is 17.0. The van der Waals surface area contributed by atoms with E-state index < -0.39 is 10.0 Å². The first-order valence-electron chi connectivity index (χ1n) is 11.0. The first-order chi connectivity index (χ1) is 15.9. The molecule has 33 heavy (non-hydrogen) atoms. The molecule has 3 aromatic rings. The summed E-state index contributed by atoms with van der Waals surface area (Å²) in [5.41, 5.74) is 4.20. The fraction of sp³-hybridized carbons (Fsp3) is 0.333. The number of aromatic nitrogens is 2. The molecule has 8 nitrogen and oxygen atoms in total. The number of rotatable bonds is 8. The van der Waals surface area contributed by atoms with Gasteiger partial charge in [-0.2, -0.15) is 0 Å². The van der Waals surface area contributed by atoms with E-state index >= 15 is 0 Å². The molecule has 3 N–H and O–H groups in total. The minimum absolute atomic E-state index is 0.250. The lowest BCUT2D eigenvalue weighted by Crippen LogP contribution is -2.36. The number of aliphatic hydroxyl groups is 1. The molecule has 1 fully saturated rings. The van der Waals surface area contributed by atoms with Gasteiger partial charge in [-0.05, 0) is 55.1 Å². The van der Waals surface area contributed by atoms with Gasteiger partial charge in [0.05, 0.1) is 17.6 Å². The number of piperidine rings is 1. The van der Waals surface area contributed by atoms with Crippen LogP contribution in [-0.4, -0.2) is 54.3 Å². The summed E-state index contributed by atoms with van der Waals surface area (Å²) in [5, 5.41) is 12.7. The SMILES string of the molecule is CS(=O)(=O)Nc1cccc(Nc2cc(-c3cccc(CN4CCCC(CO)C4)c3)ncn2)c1. The van der Waals surface area contributed by atoms with Crippen LogP contribution in [0, 0.1) is 5.92 Å². The number of nitrogens with one attached hydrogen (secondary N) is 2. The Hall–Kier alpha value is -3.01. The van der Waals surface area contributed by atoms with Crippen molar-refractivity contribution in [3.8, 4) is 11.3 Å². The minimum atomic E-state index is -3.35. The number of benzene rings is 2. The van der Waals surface area contributed by atoms with Gasteiger partial charge in [0.25, 0.3) is 0 Å². The molecule has 1 aliphatic heterocycles. The number of sulfonamides is 1. The third-order valence-corrected chi connectivity index (χ3v) is 6.20. The quantitative estimate of drug-likeness (QED) is 0.466. The fourth-order valence-corrected chi connectivity index (χ4v) is 4.69. The average molecular weight is 468 g/mol. The summed E-state index contributed by atoms with van der Waals surface area (Å²) in [6, 6.07) is 17.2. The smallest absolute Gasteiger partial charge is 0.229 e. The zero-order valence-corrected chi connectivity index (χ0v) is 19.4. The third-order valence-electron chi connectivity index (χ3n) is 5.60. The van der Waals surface area contributed by atoms with Crippen molar-refractivity contribution in [2.75, 3.05) is 36.0 Å². The topological polar surface area (TPSA) is 107 Å². The van der Waals surface area contributed by atoms with Gasteiger partial charge in [0.2, 0.25) is 10.0 Å². The molecule has 1 aliphatic rings. The van der Waals surface area contributed by atoms with Gasteiger partial charge in [-0.15, -0.1) is 0 Å². The molecule has 1 unspecified atom stereocenters. The van der Waals surface area contributed by atoms with Crippen LogP contribution in [0.1, 0.15) is 18.4 Å². The summed E-state index contributed by atoms with van der Waals surface area (Å²) in [5.74, 6) is 0.979. The van der Waals surface area contributed by atoms with Crippen molar-refractivity contribution in [3.05, 3.63) is 66.5 Å². The highest BCUT2D eigenvalue weighted by atomic mass is 32.2. The van der Waals surface area contributed by atoms with Crippen LogP contribution in [0.3, 0.4) is 0 Å². The van der Waals surface area contributed by atoms with Crippen molar-refractivity contribution in [2.24, 2.45) is 5.92 Å². The second-order valence-electron chi connectivity index (χ2n) is 8.49. The first-order valence-corrected chi connectivity index (χ1v) is 12.9. The molecule has 0 radical (unpaired) electrons. The molecule has 2 heterocycles. The molecule has 0 aliphatic carbocycles. The molecule has 1 aromatic heterocycles. The highest BCUT2D eigenvalue weighted by Crippen LogP contribution is 2.25. The molecule has 2 aromatic carbocycles. The zero-order chi connectivity index (χ0) is 23.3. The summed E-state index contributed by atoms with van der Waals surface area (Å²) in [7, 11) is -3.35. The maximum atomic E-state index is 11.5. The number of nitrogens with zero attached hydrogens (tertiary/aromatic N) is 3. The Morgan fingerprint density at radius 1 is 1.09 bits per heavy atom. The standard InChI is InChI=1S/C24H29N5O3S/c1-33(31,32)28-22-9-3-8-21(12-22)27-24-13-23(25-17-26-24)20-7-2-5-18(11-20)14-29-10-4-6-19(15-29)16-30/h2-3,5,7-9,11-13,17,19,28,30H,4,6,10,14-16H2,1H3,(H,25,26,27). The van der Waals surface area contributed by atoms with Crippen LogP contribution in [0.15, 0.2) is 60.9 Å². The van der Waals surface area contributed by atoms with E-state index in [1.807, 2.05) is 24.3 Å². The molecule has 1 saturated heterocycles. The van der Waals surface area contributed by atoms with E-state index in [1.54, 1.807) is 18.2 Å². The van der Waals surface area contributed by atoms with Crippen LogP contribution in [-0.2, 0) is 16.6 Å². The lowest BCUT2D eigenvalue weighted by atomic mass is 9.98. The van der Waals surface area contributed by atoms with Gasteiger partial charge in [0, 0.05) is 37.0 Å². The van der Waals surface area contributed by atoms with Gasteiger partial charge in [-0.25, -0.2) is 18.4 Å². The van der Waals surface area contributed by atoms with E-state index in [4.69, 9.17) is 0 Å². The molecule has 174 valence electrons. The Kier molecular flexibility index (Phi) is 7.22. The maximum Gasteiger partial charge on any atom is 0.229 e. The van der Waals surface area contributed by atoms with Gasteiger partial charge in [0.15, 0.2) is 0 Å². The Balaban J connectivity index is 1.48. The van der Waals surface area contributed by atoms with E-state index in [1.165, 1.54) is 11.9 Å². The molecule has 0 spiro atoms. The predicted molar refractivity (Wildman–Crippen MR) is 131 cm³/mol. The first kappa shape index (κ1) is 23.2. The third kappa shape index (κ3) is 6.74. The summed E-state index contributed by atoms with van der Waals surface area (Å²) >= 11 is 0. The molecule has 0 saturated carbocycles. The van der Waals surface area contributed by atoms with Gasteiger partial charge < -0.3 is 10.4 Å². The van der Waals surface area contributed by atoms with Crippen LogP contribution in [0.4, 0.5) is 17.2 Å². The van der Waals surface area contributed by atoms with Gasteiger partial charge in [-0.1, -0.05) is 24.3 Å². The molecule has 4 rings (SSSR count). The molecular formula is C24H29N5O3S. The number of aliphatic hydroxyl groups excluding tert-OH is 1. The van der Waals surface area contributed by atoms with Crippen molar-refractivity contribution in [1.82, 2.24) is 14.9 Å². The van der Waals surface area contributed by atoms with Crippen molar-refractivity contribution >= 4 is 27.2 Å². The predicted octanol–water partition coefficient (Wildman–Crippen LogP) is 3.46. The second kappa shape index (κ2) is 10.3.